The van der Waals surface area contributed by atoms with E-state index in [0.717, 1.165) is 6.92 Å². The van der Waals surface area contributed by atoms with Gasteiger partial charge in [-0.25, -0.2) is 9.59 Å². The molecule has 0 heterocycles. The number of carboxylic acids is 2. The number of aliphatic carboxylic acids is 2. The molecule has 0 saturated carbocycles. The fourth-order valence-corrected chi connectivity index (χ4v) is 0.522. The van der Waals surface area contributed by atoms with Crippen LogP contribution in [0.1, 0.15) is 27.7 Å². The molecule has 0 aromatic heterocycles. The molecule has 0 saturated heterocycles. The van der Waals surface area contributed by atoms with E-state index in [1.165, 1.54) is 0 Å². The summed E-state index contributed by atoms with van der Waals surface area (Å²) in [6, 6.07) is 0. The number of hydrogen-bond donors (Lipinski definition) is 2. The van der Waals surface area contributed by atoms with Gasteiger partial charge in [0.25, 0.3) is 5.76 Å². The Labute approximate surface area is 87.0 Å². The highest BCUT2D eigenvalue weighted by Crippen LogP contribution is 2.14. The quantitative estimate of drug-likeness (QED) is 0.318. The second kappa shape index (κ2) is 4.79. The second-order valence-corrected chi connectivity index (χ2v) is 3.84. The summed E-state index contributed by atoms with van der Waals surface area (Å²) < 4.78 is 0. The van der Waals surface area contributed by atoms with Gasteiger partial charge in [0.15, 0.2) is 0 Å². The molecule has 0 bridgehead atoms. The van der Waals surface area contributed by atoms with Gasteiger partial charge < -0.3 is 15.1 Å². The first kappa shape index (κ1) is 13.4. The van der Waals surface area contributed by atoms with E-state index in [9.17, 15) is 9.59 Å². The van der Waals surface area contributed by atoms with Crippen LogP contribution in [0.2, 0.25) is 0 Å². The van der Waals surface area contributed by atoms with Gasteiger partial charge in [0.1, 0.15) is 5.60 Å². The molecular weight excluding hydrogens is 204 g/mol. The number of carboxylic acid groups (broad SMARTS) is 2. The zero-order valence-electron chi connectivity index (χ0n) is 9.03. The van der Waals surface area contributed by atoms with Crippen molar-refractivity contribution in [2.45, 2.75) is 33.3 Å². The molecule has 0 rings (SSSR count). The summed E-state index contributed by atoms with van der Waals surface area (Å²) in [5.41, 5.74) is -1.15. The van der Waals surface area contributed by atoms with Gasteiger partial charge in [-0.3, -0.25) is 0 Å². The predicted octanol–water partition coefficient (Wildman–Crippen LogP) is 1.18. The molecule has 0 atom stereocenters. The fourth-order valence-electron chi connectivity index (χ4n) is 0.522. The van der Waals surface area contributed by atoms with Crippen LogP contribution in [0.5, 0.6) is 0 Å². The zero-order chi connectivity index (χ0) is 12.2. The summed E-state index contributed by atoms with van der Waals surface area (Å²) in [5.74, 6) is -3.58. The maximum atomic E-state index is 10.6. The van der Waals surface area contributed by atoms with E-state index in [4.69, 9.17) is 15.1 Å². The van der Waals surface area contributed by atoms with E-state index in [2.05, 4.69) is 4.89 Å². The van der Waals surface area contributed by atoms with Crippen LogP contribution in [-0.2, 0) is 19.4 Å². The number of carbonyl (C=O) groups is 2. The molecule has 0 radical (unpaired) electrons. The van der Waals surface area contributed by atoms with E-state index in [-0.39, 0.29) is 0 Å². The molecule has 0 aromatic rings. The van der Waals surface area contributed by atoms with E-state index in [1.807, 2.05) is 0 Å². The SMILES string of the molecule is CC(C(=O)O)=C(OOC(C)(C)C)C(=O)O. The Balaban J connectivity index is 4.79. The van der Waals surface area contributed by atoms with Gasteiger partial charge in [-0.05, 0) is 27.7 Å². The van der Waals surface area contributed by atoms with E-state index >= 15 is 0 Å². The Morgan fingerprint density at radius 3 is 1.80 bits per heavy atom. The van der Waals surface area contributed by atoms with Crippen LogP contribution in [0.25, 0.3) is 0 Å². The van der Waals surface area contributed by atoms with E-state index < -0.39 is 28.9 Å². The highest BCUT2D eigenvalue weighted by Gasteiger charge is 2.22. The topological polar surface area (TPSA) is 93.1 Å². The Bertz CT molecular complexity index is 296. The minimum Gasteiger partial charge on any atom is -0.478 e. The van der Waals surface area contributed by atoms with Crippen molar-refractivity contribution >= 4 is 11.9 Å². The van der Waals surface area contributed by atoms with Crippen molar-refractivity contribution in [1.82, 2.24) is 0 Å². The van der Waals surface area contributed by atoms with Crippen LogP contribution in [0.15, 0.2) is 11.3 Å². The van der Waals surface area contributed by atoms with Crippen molar-refractivity contribution in [2.75, 3.05) is 0 Å². The molecule has 6 heteroatoms. The van der Waals surface area contributed by atoms with Gasteiger partial charge in [-0.2, -0.15) is 4.89 Å². The molecule has 0 spiro atoms. The molecule has 0 aliphatic heterocycles. The largest absolute Gasteiger partial charge is 0.478 e. The van der Waals surface area contributed by atoms with Crippen molar-refractivity contribution in [1.29, 1.82) is 0 Å². The van der Waals surface area contributed by atoms with E-state index in [0.29, 0.717) is 0 Å². The van der Waals surface area contributed by atoms with Crippen LogP contribution in [-0.4, -0.2) is 27.8 Å². The molecule has 2 N–H and O–H groups in total. The third-order valence-electron chi connectivity index (χ3n) is 1.23. The van der Waals surface area contributed by atoms with Crippen LogP contribution in [0.4, 0.5) is 0 Å². The average Bonchev–Trinajstić information content (AvgIpc) is 2.01. The maximum absolute atomic E-state index is 10.6. The smallest absolute Gasteiger partial charge is 0.375 e. The summed E-state index contributed by atoms with van der Waals surface area (Å²) in [4.78, 5) is 30.4. The normalized spacial score (nSPS) is 13.1. The van der Waals surface area contributed by atoms with Crippen molar-refractivity contribution in [2.24, 2.45) is 0 Å². The van der Waals surface area contributed by atoms with Crippen LogP contribution in [0, 0.1) is 0 Å². The Hall–Kier alpha value is -1.56. The minimum atomic E-state index is -1.49. The third-order valence-corrected chi connectivity index (χ3v) is 1.23. The number of hydrogen-bond acceptors (Lipinski definition) is 4. The molecule has 15 heavy (non-hydrogen) atoms. The summed E-state index contributed by atoms with van der Waals surface area (Å²) >= 11 is 0. The lowest BCUT2D eigenvalue weighted by atomic mass is 10.2. The molecular formula is C9H14O6. The summed E-state index contributed by atoms with van der Waals surface area (Å²) in [5, 5.41) is 17.2. The molecule has 0 unspecified atom stereocenters. The highest BCUT2D eigenvalue weighted by atomic mass is 17.2. The molecule has 0 aromatic carbocycles. The fraction of sp³-hybridized carbons (Fsp3) is 0.556. The average molecular weight is 218 g/mol. The molecule has 0 aliphatic rings. The summed E-state index contributed by atoms with van der Waals surface area (Å²) in [7, 11) is 0. The van der Waals surface area contributed by atoms with Crippen molar-refractivity contribution in [3.63, 3.8) is 0 Å². The maximum Gasteiger partial charge on any atom is 0.375 e. The first-order chi connectivity index (χ1) is 6.65. The lowest BCUT2D eigenvalue weighted by Crippen LogP contribution is -2.22. The Morgan fingerprint density at radius 2 is 1.53 bits per heavy atom. The number of rotatable bonds is 4. The van der Waals surface area contributed by atoms with Crippen LogP contribution >= 0.6 is 0 Å². The summed E-state index contributed by atoms with van der Waals surface area (Å²) in [6.07, 6.45) is 0. The van der Waals surface area contributed by atoms with Gasteiger partial charge in [-0.15, -0.1) is 0 Å². The van der Waals surface area contributed by atoms with Crippen LogP contribution in [0.3, 0.4) is 0 Å². The van der Waals surface area contributed by atoms with Gasteiger partial charge in [-0.1, -0.05) is 0 Å². The van der Waals surface area contributed by atoms with Gasteiger partial charge >= 0.3 is 11.9 Å². The van der Waals surface area contributed by atoms with Crippen molar-refractivity contribution in [3.8, 4) is 0 Å². The molecule has 0 fully saturated rings. The Kier molecular flexibility index (Phi) is 4.29. The third kappa shape index (κ3) is 5.02. The molecule has 0 amide bonds. The zero-order valence-corrected chi connectivity index (χ0v) is 9.03. The lowest BCUT2D eigenvalue weighted by Gasteiger charge is -2.18. The lowest BCUT2D eigenvalue weighted by molar-refractivity contribution is -0.321. The summed E-state index contributed by atoms with van der Waals surface area (Å²) in [6.45, 7) is 6.05. The van der Waals surface area contributed by atoms with E-state index in [1.54, 1.807) is 20.8 Å². The van der Waals surface area contributed by atoms with Gasteiger partial charge in [0, 0.05) is 0 Å². The van der Waals surface area contributed by atoms with Crippen LogP contribution < -0.4 is 0 Å². The van der Waals surface area contributed by atoms with Gasteiger partial charge in [0.2, 0.25) is 0 Å². The monoisotopic (exact) mass is 218 g/mol. The molecule has 0 aliphatic carbocycles. The van der Waals surface area contributed by atoms with Crippen molar-refractivity contribution < 1.29 is 29.6 Å². The minimum absolute atomic E-state index is 0.424. The van der Waals surface area contributed by atoms with Crippen molar-refractivity contribution in [3.05, 3.63) is 11.3 Å². The highest BCUT2D eigenvalue weighted by molar-refractivity contribution is 5.96. The van der Waals surface area contributed by atoms with Gasteiger partial charge in [0.05, 0.1) is 5.57 Å². The first-order valence-corrected chi connectivity index (χ1v) is 4.18. The second-order valence-electron chi connectivity index (χ2n) is 3.84. The predicted molar refractivity (Wildman–Crippen MR) is 49.9 cm³/mol. The standard InChI is InChI=1S/C9H14O6/c1-5(7(10)11)6(8(12)13)14-15-9(2,3)4/h1-4H3,(H,10,11)(H,12,13). The Morgan fingerprint density at radius 1 is 1.07 bits per heavy atom. The first-order valence-electron chi connectivity index (χ1n) is 4.18. The molecule has 6 nitrogen and oxygen atoms in total. The molecule has 86 valence electrons.